The van der Waals surface area contributed by atoms with Crippen molar-refractivity contribution < 1.29 is 9.47 Å². The first-order chi connectivity index (χ1) is 5.88. The van der Waals surface area contributed by atoms with Crippen LogP contribution in [0.5, 0.6) is 0 Å². The van der Waals surface area contributed by atoms with E-state index in [2.05, 4.69) is 0 Å². The number of nitriles is 1. The van der Waals surface area contributed by atoms with E-state index in [0.29, 0.717) is 6.61 Å². The van der Waals surface area contributed by atoms with Crippen molar-refractivity contribution in [2.45, 2.75) is 6.61 Å². The maximum absolute atomic E-state index is 8.59. The Balaban J connectivity index is 2.46. The van der Waals surface area contributed by atoms with Gasteiger partial charge < -0.3 is 9.47 Å². The number of nitrogens with zero attached hydrogens (tertiary/aromatic N) is 2. The summed E-state index contributed by atoms with van der Waals surface area (Å²) in [6, 6.07) is 3.63. The molecule has 0 aromatic carbocycles. The Morgan fingerprint density at radius 2 is 2.50 bits per heavy atom. The zero-order chi connectivity index (χ0) is 8.81. The molecule has 0 amide bonds. The first-order valence-electron chi connectivity index (χ1n) is 3.51. The van der Waals surface area contributed by atoms with Crippen molar-refractivity contribution in [3.63, 3.8) is 0 Å². The monoisotopic (exact) mass is 166 g/mol. The molecule has 0 atom stereocenters. The zero-order valence-electron chi connectivity index (χ0n) is 6.86. The van der Waals surface area contributed by atoms with E-state index in [-0.39, 0.29) is 6.79 Å². The molecule has 1 heterocycles. The van der Waals surface area contributed by atoms with Gasteiger partial charge >= 0.3 is 0 Å². The molecule has 12 heavy (non-hydrogen) atoms. The highest BCUT2D eigenvalue weighted by Crippen LogP contribution is 2.01. The minimum Gasteiger partial charge on any atom is -0.359 e. The van der Waals surface area contributed by atoms with Crippen LogP contribution in [0.3, 0.4) is 0 Å². The third kappa shape index (κ3) is 2.09. The predicted molar refractivity (Wildman–Crippen MR) is 42.1 cm³/mol. The molecule has 1 aromatic rings. The molecule has 0 aliphatic carbocycles. The summed E-state index contributed by atoms with van der Waals surface area (Å²) in [5, 5.41) is 8.59. The van der Waals surface area contributed by atoms with Gasteiger partial charge in [-0.05, 0) is 12.1 Å². The van der Waals surface area contributed by atoms with Gasteiger partial charge in [0.1, 0.15) is 6.79 Å². The fraction of sp³-hybridized carbons (Fsp3) is 0.375. The maximum Gasteiger partial charge on any atom is 0.188 e. The van der Waals surface area contributed by atoms with E-state index >= 15 is 0 Å². The van der Waals surface area contributed by atoms with Crippen LogP contribution >= 0.6 is 0 Å². The van der Waals surface area contributed by atoms with Gasteiger partial charge in [0.15, 0.2) is 6.19 Å². The summed E-state index contributed by atoms with van der Waals surface area (Å²) in [6.07, 6.45) is 3.68. The summed E-state index contributed by atoms with van der Waals surface area (Å²) in [5.41, 5.74) is 0.828. The van der Waals surface area contributed by atoms with Gasteiger partial charge in [0.05, 0.1) is 12.3 Å². The number of methoxy groups -OCH3 is 1. The van der Waals surface area contributed by atoms with Gasteiger partial charge in [0, 0.05) is 13.3 Å². The SMILES string of the molecule is COCOCc1cccn1C#N. The fourth-order valence-corrected chi connectivity index (χ4v) is 0.861. The van der Waals surface area contributed by atoms with E-state index in [0.717, 1.165) is 5.69 Å². The van der Waals surface area contributed by atoms with Crippen molar-refractivity contribution >= 4 is 0 Å². The van der Waals surface area contributed by atoms with Crippen molar-refractivity contribution in [2.75, 3.05) is 13.9 Å². The van der Waals surface area contributed by atoms with Crippen LogP contribution in [0.1, 0.15) is 5.69 Å². The smallest absolute Gasteiger partial charge is 0.188 e. The molecule has 0 saturated carbocycles. The van der Waals surface area contributed by atoms with Crippen LogP contribution in [-0.2, 0) is 16.1 Å². The van der Waals surface area contributed by atoms with Gasteiger partial charge in [-0.1, -0.05) is 0 Å². The van der Waals surface area contributed by atoms with Crippen molar-refractivity contribution in [1.29, 1.82) is 5.26 Å². The second-order valence-corrected chi connectivity index (χ2v) is 2.22. The summed E-state index contributed by atoms with van der Waals surface area (Å²) >= 11 is 0. The molecular formula is C8H10N2O2. The maximum atomic E-state index is 8.59. The number of ether oxygens (including phenoxy) is 2. The lowest BCUT2D eigenvalue weighted by molar-refractivity contribution is -0.0404. The second kappa shape index (κ2) is 4.54. The highest BCUT2D eigenvalue weighted by Gasteiger charge is 1.98. The number of aromatic nitrogens is 1. The first kappa shape index (κ1) is 8.78. The Kier molecular flexibility index (Phi) is 3.33. The third-order valence-electron chi connectivity index (χ3n) is 1.39. The zero-order valence-corrected chi connectivity index (χ0v) is 6.86. The van der Waals surface area contributed by atoms with Gasteiger partial charge in [-0.15, -0.1) is 0 Å². The molecule has 64 valence electrons. The normalized spacial score (nSPS) is 9.67. The summed E-state index contributed by atoms with van der Waals surface area (Å²) in [5.74, 6) is 0. The van der Waals surface area contributed by atoms with Crippen molar-refractivity contribution in [3.05, 3.63) is 24.0 Å². The van der Waals surface area contributed by atoms with E-state index in [9.17, 15) is 0 Å². The number of rotatable bonds is 4. The minimum absolute atomic E-state index is 0.247. The molecule has 1 aromatic heterocycles. The van der Waals surface area contributed by atoms with Crippen molar-refractivity contribution in [3.8, 4) is 6.19 Å². The molecule has 0 fully saturated rings. The highest BCUT2D eigenvalue weighted by atomic mass is 16.7. The molecule has 0 radical (unpaired) electrons. The fourth-order valence-electron chi connectivity index (χ4n) is 0.861. The number of hydrogen-bond acceptors (Lipinski definition) is 3. The quantitative estimate of drug-likeness (QED) is 0.494. The Morgan fingerprint density at radius 1 is 1.67 bits per heavy atom. The summed E-state index contributed by atoms with van der Waals surface area (Å²) in [6.45, 7) is 0.644. The van der Waals surface area contributed by atoms with Crippen LogP contribution in [0.4, 0.5) is 0 Å². The molecular weight excluding hydrogens is 156 g/mol. The lowest BCUT2D eigenvalue weighted by atomic mass is 10.4. The van der Waals surface area contributed by atoms with Gasteiger partial charge in [0.25, 0.3) is 0 Å². The molecule has 0 spiro atoms. The van der Waals surface area contributed by atoms with E-state index in [1.165, 1.54) is 4.57 Å². The van der Waals surface area contributed by atoms with Crippen LogP contribution in [0.15, 0.2) is 18.3 Å². The van der Waals surface area contributed by atoms with Crippen LogP contribution in [0, 0.1) is 11.5 Å². The molecule has 4 nitrogen and oxygen atoms in total. The largest absolute Gasteiger partial charge is 0.359 e. The van der Waals surface area contributed by atoms with Crippen molar-refractivity contribution in [2.24, 2.45) is 0 Å². The van der Waals surface area contributed by atoms with Crippen LogP contribution in [0.2, 0.25) is 0 Å². The third-order valence-corrected chi connectivity index (χ3v) is 1.39. The Hall–Kier alpha value is -1.31. The molecule has 0 unspecified atom stereocenters. The van der Waals surface area contributed by atoms with E-state index in [1.807, 2.05) is 12.3 Å². The predicted octanol–water partition coefficient (Wildman–Crippen LogP) is 0.938. The molecule has 4 heteroatoms. The Morgan fingerprint density at radius 3 is 3.17 bits per heavy atom. The van der Waals surface area contributed by atoms with E-state index in [1.54, 1.807) is 19.4 Å². The topological polar surface area (TPSA) is 47.2 Å². The van der Waals surface area contributed by atoms with E-state index in [4.69, 9.17) is 14.7 Å². The van der Waals surface area contributed by atoms with Crippen molar-refractivity contribution in [1.82, 2.24) is 4.57 Å². The first-order valence-corrected chi connectivity index (χ1v) is 3.51. The average Bonchev–Trinajstić information content (AvgIpc) is 2.52. The lowest BCUT2D eigenvalue weighted by Crippen LogP contribution is -2.01. The number of hydrogen-bond donors (Lipinski definition) is 0. The molecule has 1 rings (SSSR count). The summed E-state index contributed by atoms with van der Waals surface area (Å²) in [7, 11) is 1.56. The molecule has 0 saturated heterocycles. The standard InChI is InChI=1S/C8H10N2O2/c1-11-7-12-5-8-3-2-4-10(8)6-9/h2-4H,5,7H2,1H3. The highest BCUT2D eigenvalue weighted by molar-refractivity contribution is 5.10. The summed E-state index contributed by atoms with van der Waals surface area (Å²) in [4.78, 5) is 0. The van der Waals surface area contributed by atoms with Gasteiger partial charge in [0.2, 0.25) is 0 Å². The van der Waals surface area contributed by atoms with Crippen LogP contribution < -0.4 is 0 Å². The lowest BCUT2D eigenvalue weighted by Gasteiger charge is -2.01. The minimum atomic E-state index is 0.247. The second-order valence-electron chi connectivity index (χ2n) is 2.22. The average molecular weight is 166 g/mol. The van der Waals surface area contributed by atoms with Crippen LogP contribution in [0.25, 0.3) is 0 Å². The molecule has 0 bridgehead atoms. The van der Waals surface area contributed by atoms with Crippen LogP contribution in [-0.4, -0.2) is 18.5 Å². The van der Waals surface area contributed by atoms with Gasteiger partial charge in [-0.3, -0.25) is 4.57 Å². The van der Waals surface area contributed by atoms with Gasteiger partial charge in [-0.25, -0.2) is 0 Å². The molecule has 0 aliphatic heterocycles. The Labute approximate surface area is 70.9 Å². The summed E-state index contributed by atoms with van der Waals surface area (Å²) < 4.78 is 11.2. The van der Waals surface area contributed by atoms with Gasteiger partial charge in [-0.2, -0.15) is 5.26 Å². The Bertz CT molecular complexity index is 275. The molecule has 0 aliphatic rings. The molecule has 0 N–H and O–H groups in total. The van der Waals surface area contributed by atoms with E-state index < -0.39 is 0 Å².